The van der Waals surface area contributed by atoms with E-state index in [0.717, 1.165) is 14.9 Å². The Hall–Kier alpha value is -3.25. The summed E-state index contributed by atoms with van der Waals surface area (Å²) in [5.74, 6) is -1.07. The molecule has 0 spiro atoms. The largest absolute Gasteiger partial charge is 0.290 e. The standard InChI is InChI=1S/C23H17BrN2O3/c1-15-6-2-3-7-18(15)21(27)25(17-12-10-16(24)11-13-17)14-26-22(28)19-8-4-5-9-20(19)23(26)29/h2-13H,14H2,1H3. The first-order valence-corrected chi connectivity index (χ1v) is 9.85. The summed E-state index contributed by atoms with van der Waals surface area (Å²) in [6, 6.07) is 21.1. The zero-order valence-electron chi connectivity index (χ0n) is 15.6. The lowest BCUT2D eigenvalue weighted by atomic mass is 10.1. The Morgan fingerprint density at radius 2 is 1.41 bits per heavy atom. The zero-order chi connectivity index (χ0) is 20.5. The Labute approximate surface area is 176 Å². The minimum atomic E-state index is -0.398. The van der Waals surface area contributed by atoms with Gasteiger partial charge in [-0.1, -0.05) is 46.3 Å². The van der Waals surface area contributed by atoms with Crippen LogP contribution in [0.1, 0.15) is 36.6 Å². The van der Waals surface area contributed by atoms with Crippen LogP contribution in [0.15, 0.2) is 77.3 Å². The topological polar surface area (TPSA) is 57.7 Å². The van der Waals surface area contributed by atoms with Crippen LogP contribution in [0.25, 0.3) is 0 Å². The maximum Gasteiger partial charge on any atom is 0.263 e. The molecule has 1 heterocycles. The van der Waals surface area contributed by atoms with Crippen LogP contribution in [-0.2, 0) is 0 Å². The predicted octanol–water partition coefficient (Wildman–Crippen LogP) is 4.66. The first kappa shape index (κ1) is 19.1. The molecule has 0 saturated heterocycles. The number of carbonyl (C=O) groups excluding carboxylic acids is 3. The molecule has 0 N–H and O–H groups in total. The molecule has 0 bridgehead atoms. The van der Waals surface area contributed by atoms with Crippen molar-refractivity contribution in [1.82, 2.24) is 4.90 Å². The number of amides is 3. The Balaban J connectivity index is 1.73. The third kappa shape index (κ3) is 3.47. The molecule has 6 heteroatoms. The second-order valence-corrected chi connectivity index (χ2v) is 7.67. The van der Waals surface area contributed by atoms with Crippen molar-refractivity contribution in [3.8, 4) is 0 Å². The van der Waals surface area contributed by atoms with Crippen molar-refractivity contribution in [2.45, 2.75) is 6.92 Å². The fourth-order valence-corrected chi connectivity index (χ4v) is 3.62. The molecule has 0 fully saturated rings. The number of carbonyl (C=O) groups is 3. The maximum absolute atomic E-state index is 13.4. The molecule has 1 aliphatic heterocycles. The van der Waals surface area contributed by atoms with E-state index >= 15 is 0 Å². The minimum absolute atomic E-state index is 0.166. The van der Waals surface area contributed by atoms with E-state index < -0.39 is 11.8 Å². The lowest BCUT2D eigenvalue weighted by molar-refractivity contribution is 0.0650. The molecule has 0 unspecified atom stereocenters. The monoisotopic (exact) mass is 448 g/mol. The lowest BCUT2D eigenvalue weighted by Crippen LogP contribution is -2.44. The summed E-state index contributed by atoms with van der Waals surface area (Å²) in [7, 11) is 0. The smallest absolute Gasteiger partial charge is 0.263 e. The summed E-state index contributed by atoms with van der Waals surface area (Å²) in [6.45, 7) is 1.69. The molecule has 3 amide bonds. The van der Waals surface area contributed by atoms with E-state index in [1.807, 2.05) is 31.2 Å². The van der Waals surface area contributed by atoms with Gasteiger partial charge in [0.2, 0.25) is 0 Å². The van der Waals surface area contributed by atoms with Crippen molar-refractivity contribution >= 4 is 39.3 Å². The molecule has 5 nitrogen and oxygen atoms in total. The molecule has 144 valence electrons. The molecular weight excluding hydrogens is 432 g/mol. The van der Waals surface area contributed by atoms with Crippen molar-refractivity contribution in [2.75, 3.05) is 11.6 Å². The fraction of sp³-hybridized carbons (Fsp3) is 0.0870. The predicted molar refractivity (Wildman–Crippen MR) is 114 cm³/mol. The van der Waals surface area contributed by atoms with Gasteiger partial charge in [0, 0.05) is 15.7 Å². The van der Waals surface area contributed by atoms with E-state index in [1.54, 1.807) is 48.5 Å². The highest BCUT2D eigenvalue weighted by Gasteiger charge is 2.37. The normalized spacial score (nSPS) is 12.8. The Morgan fingerprint density at radius 1 is 0.862 bits per heavy atom. The molecule has 4 rings (SSSR count). The number of anilines is 1. The number of aryl methyl sites for hydroxylation is 1. The van der Waals surface area contributed by atoms with Crippen molar-refractivity contribution in [2.24, 2.45) is 0 Å². The van der Waals surface area contributed by atoms with E-state index in [1.165, 1.54) is 4.90 Å². The molecule has 1 aliphatic rings. The van der Waals surface area contributed by atoms with Crippen LogP contribution in [0, 0.1) is 6.92 Å². The summed E-state index contributed by atoms with van der Waals surface area (Å²) in [6.07, 6.45) is 0. The van der Waals surface area contributed by atoms with Gasteiger partial charge >= 0.3 is 0 Å². The summed E-state index contributed by atoms with van der Waals surface area (Å²) < 4.78 is 0.866. The van der Waals surface area contributed by atoms with Crippen LogP contribution >= 0.6 is 15.9 Å². The number of halogens is 1. The van der Waals surface area contributed by atoms with Crippen LogP contribution < -0.4 is 4.90 Å². The number of nitrogens with zero attached hydrogens (tertiary/aromatic N) is 2. The van der Waals surface area contributed by atoms with Crippen molar-refractivity contribution in [3.63, 3.8) is 0 Å². The van der Waals surface area contributed by atoms with Gasteiger partial charge in [0.1, 0.15) is 6.67 Å². The van der Waals surface area contributed by atoms with Gasteiger partial charge in [-0.3, -0.25) is 24.2 Å². The molecule has 3 aromatic rings. The van der Waals surface area contributed by atoms with Crippen LogP contribution in [-0.4, -0.2) is 29.3 Å². The first-order chi connectivity index (χ1) is 14.0. The summed E-state index contributed by atoms with van der Waals surface area (Å²) >= 11 is 3.39. The number of hydrogen-bond acceptors (Lipinski definition) is 3. The highest BCUT2D eigenvalue weighted by atomic mass is 79.9. The van der Waals surface area contributed by atoms with Crippen molar-refractivity contribution in [1.29, 1.82) is 0 Å². The van der Waals surface area contributed by atoms with Gasteiger partial charge < -0.3 is 0 Å². The Morgan fingerprint density at radius 3 is 2.00 bits per heavy atom. The third-order valence-corrected chi connectivity index (χ3v) is 5.45. The van der Waals surface area contributed by atoms with E-state index in [0.29, 0.717) is 22.4 Å². The highest BCUT2D eigenvalue weighted by molar-refractivity contribution is 9.10. The van der Waals surface area contributed by atoms with Crippen LogP contribution in [0.5, 0.6) is 0 Å². The Kier molecular flexibility index (Phi) is 5.03. The van der Waals surface area contributed by atoms with Gasteiger partial charge in [0.15, 0.2) is 0 Å². The van der Waals surface area contributed by atoms with Crippen molar-refractivity contribution in [3.05, 3.63) is 99.5 Å². The number of hydrogen-bond donors (Lipinski definition) is 0. The lowest BCUT2D eigenvalue weighted by Gasteiger charge is -2.27. The number of fused-ring (bicyclic) bond motifs is 1. The molecule has 0 saturated carbocycles. The Bertz CT molecular complexity index is 1090. The highest BCUT2D eigenvalue weighted by Crippen LogP contribution is 2.26. The zero-order valence-corrected chi connectivity index (χ0v) is 17.2. The molecule has 0 atom stereocenters. The molecule has 0 aliphatic carbocycles. The summed E-state index contributed by atoms with van der Waals surface area (Å²) in [5, 5.41) is 0. The van der Waals surface area contributed by atoms with E-state index in [2.05, 4.69) is 15.9 Å². The maximum atomic E-state index is 13.4. The second kappa shape index (κ2) is 7.64. The number of rotatable bonds is 4. The fourth-order valence-electron chi connectivity index (χ4n) is 3.35. The van der Waals surface area contributed by atoms with Crippen LogP contribution in [0.3, 0.4) is 0 Å². The van der Waals surface area contributed by atoms with E-state index in [4.69, 9.17) is 0 Å². The quantitative estimate of drug-likeness (QED) is 0.545. The van der Waals surface area contributed by atoms with E-state index in [-0.39, 0.29) is 12.6 Å². The first-order valence-electron chi connectivity index (χ1n) is 9.05. The van der Waals surface area contributed by atoms with Gasteiger partial charge in [0.05, 0.1) is 11.1 Å². The van der Waals surface area contributed by atoms with Gasteiger partial charge in [-0.25, -0.2) is 0 Å². The minimum Gasteiger partial charge on any atom is -0.290 e. The van der Waals surface area contributed by atoms with Gasteiger partial charge in [0.25, 0.3) is 17.7 Å². The summed E-state index contributed by atoms with van der Waals surface area (Å²) in [5.41, 5.74) is 2.65. The molecule has 0 radical (unpaired) electrons. The number of imide groups is 1. The van der Waals surface area contributed by atoms with Gasteiger partial charge in [-0.05, 0) is 55.0 Å². The molecular formula is C23H17BrN2O3. The van der Waals surface area contributed by atoms with Crippen LogP contribution in [0.2, 0.25) is 0 Å². The third-order valence-electron chi connectivity index (χ3n) is 4.92. The van der Waals surface area contributed by atoms with Gasteiger partial charge in [-0.15, -0.1) is 0 Å². The van der Waals surface area contributed by atoms with Crippen LogP contribution in [0.4, 0.5) is 5.69 Å². The molecule has 29 heavy (non-hydrogen) atoms. The van der Waals surface area contributed by atoms with E-state index in [9.17, 15) is 14.4 Å². The van der Waals surface area contributed by atoms with Gasteiger partial charge in [-0.2, -0.15) is 0 Å². The summed E-state index contributed by atoms with van der Waals surface area (Å²) in [4.78, 5) is 41.6. The molecule has 3 aromatic carbocycles. The second-order valence-electron chi connectivity index (χ2n) is 6.75. The average molecular weight is 449 g/mol. The molecule has 0 aromatic heterocycles. The number of benzene rings is 3. The SMILES string of the molecule is Cc1ccccc1C(=O)N(CN1C(=O)c2ccccc2C1=O)c1ccc(Br)cc1. The van der Waals surface area contributed by atoms with Crippen molar-refractivity contribution < 1.29 is 14.4 Å². The average Bonchev–Trinajstić information content (AvgIpc) is 2.97.